The molecule has 0 aromatic heterocycles. The Kier molecular flexibility index (Phi) is 44.7. The second-order valence-corrected chi connectivity index (χ2v) is 17.3. The van der Waals surface area contributed by atoms with E-state index < -0.39 is 0 Å². The second kappa shape index (κ2) is 39.5. The molecule has 59 heavy (non-hydrogen) atoms. The van der Waals surface area contributed by atoms with Crippen LogP contribution in [0.1, 0.15) is 193 Å². The molecule has 0 N–H and O–H groups in total. The molecule has 336 valence electrons. The quantitative estimate of drug-likeness (QED) is 0.177. The number of rotatable bonds is 6. The van der Waals surface area contributed by atoms with E-state index in [9.17, 15) is 4.79 Å². The van der Waals surface area contributed by atoms with E-state index in [4.69, 9.17) is 0 Å². The minimum absolute atomic E-state index is 0. The summed E-state index contributed by atoms with van der Waals surface area (Å²) in [5.41, 5.74) is 5.71. The van der Waals surface area contributed by atoms with Gasteiger partial charge in [0, 0.05) is 11.0 Å². The van der Waals surface area contributed by atoms with E-state index in [1.807, 2.05) is 119 Å². The molecule has 0 radical (unpaired) electrons. The molecule has 4 aromatic carbocycles. The predicted octanol–water partition coefficient (Wildman–Crippen LogP) is 19.8. The second-order valence-electron chi connectivity index (χ2n) is 17.3. The van der Waals surface area contributed by atoms with Crippen LogP contribution in [0.4, 0.5) is 0 Å². The van der Waals surface area contributed by atoms with Crippen molar-refractivity contribution in [2.24, 2.45) is 21.7 Å². The molecule has 0 aliphatic rings. The lowest BCUT2D eigenvalue weighted by atomic mass is 9.87. The maximum absolute atomic E-state index is 11.7. The summed E-state index contributed by atoms with van der Waals surface area (Å²) in [6.45, 7) is 42.1. The first-order valence-electron chi connectivity index (χ1n) is 21.8. The van der Waals surface area contributed by atoms with Crippen molar-refractivity contribution < 1.29 is 4.79 Å². The van der Waals surface area contributed by atoms with Gasteiger partial charge in [0.15, 0.2) is 5.78 Å². The van der Waals surface area contributed by atoms with Gasteiger partial charge >= 0.3 is 0 Å². The predicted molar refractivity (Wildman–Crippen MR) is 278 cm³/mol. The molecule has 0 bridgehead atoms. The third-order valence-electron chi connectivity index (χ3n) is 6.97. The maximum Gasteiger partial charge on any atom is 0.168 e. The lowest BCUT2D eigenvalue weighted by Gasteiger charge is -2.17. The van der Waals surface area contributed by atoms with Crippen LogP contribution in [-0.2, 0) is 6.42 Å². The monoisotopic (exact) mass is 811 g/mol. The molecule has 4 rings (SSSR count). The fourth-order valence-corrected chi connectivity index (χ4v) is 4.46. The molecule has 0 amide bonds. The van der Waals surface area contributed by atoms with Crippen LogP contribution in [0.2, 0.25) is 0 Å². The Morgan fingerprint density at radius 3 is 0.932 bits per heavy atom. The van der Waals surface area contributed by atoms with Gasteiger partial charge in [0.2, 0.25) is 0 Å². The zero-order valence-electron chi connectivity index (χ0n) is 40.9. The van der Waals surface area contributed by atoms with Gasteiger partial charge in [0.25, 0.3) is 0 Å². The number of allylic oxidation sites excluding steroid dienone is 2. The van der Waals surface area contributed by atoms with E-state index >= 15 is 0 Å². The highest BCUT2D eigenvalue weighted by atomic mass is 16.1. The largest absolute Gasteiger partial charge is 0.294 e. The number of benzene rings is 4. The van der Waals surface area contributed by atoms with Crippen molar-refractivity contribution in [3.05, 3.63) is 156 Å². The van der Waals surface area contributed by atoms with E-state index in [1.54, 1.807) is 0 Å². The summed E-state index contributed by atoms with van der Waals surface area (Å²) in [5, 5.41) is 0. The van der Waals surface area contributed by atoms with Crippen molar-refractivity contribution in [1.29, 1.82) is 0 Å². The van der Waals surface area contributed by atoms with Crippen LogP contribution in [0.5, 0.6) is 0 Å². The Balaban J connectivity index is -0.000000148. The molecule has 0 unspecified atom stereocenters. The van der Waals surface area contributed by atoms with Crippen molar-refractivity contribution in [2.45, 2.75) is 173 Å². The van der Waals surface area contributed by atoms with Gasteiger partial charge in [-0.3, -0.25) is 4.79 Å². The van der Waals surface area contributed by atoms with E-state index in [1.165, 1.54) is 16.7 Å². The molecule has 1 heteroatoms. The fourth-order valence-electron chi connectivity index (χ4n) is 4.46. The van der Waals surface area contributed by atoms with E-state index in [-0.39, 0.29) is 26.1 Å². The first-order chi connectivity index (χ1) is 26.8. The molecule has 0 spiro atoms. The molecule has 0 saturated carbocycles. The minimum atomic E-state index is -0.276. The number of Topliss-reactive ketones (excluding diaryl/α,β-unsaturated/α-hetero) is 1. The molecular weight excluding hydrogens is 713 g/mol. The highest BCUT2D eigenvalue weighted by Crippen LogP contribution is 2.22. The first kappa shape index (κ1) is 66.8. The lowest BCUT2D eigenvalue weighted by molar-refractivity contribution is 0.0858. The lowest BCUT2D eigenvalue weighted by Crippen LogP contribution is -2.19. The molecule has 0 heterocycles. The van der Waals surface area contributed by atoms with Crippen LogP contribution in [-0.4, -0.2) is 5.78 Å². The number of carbonyl (C=O) groups excluding carboxylic acids is 1. The summed E-state index contributed by atoms with van der Waals surface area (Å²) in [7, 11) is 0. The normalized spacial score (nSPS) is 10.2. The summed E-state index contributed by atoms with van der Waals surface area (Å²) in [4.78, 5) is 11.7. The number of hydrogen-bond acceptors (Lipinski definition) is 1. The maximum atomic E-state index is 11.7. The summed E-state index contributed by atoms with van der Waals surface area (Å²) in [6.07, 6.45) is 12.3. The van der Waals surface area contributed by atoms with Gasteiger partial charge in [-0.05, 0) is 52.2 Å². The fraction of sp³-hybridized carbons (Fsp3) is 0.500. The Morgan fingerprint density at radius 1 is 0.407 bits per heavy atom. The Morgan fingerprint density at radius 2 is 0.678 bits per heavy atom. The molecule has 0 aliphatic heterocycles. The molecule has 0 saturated heterocycles. The highest BCUT2D eigenvalue weighted by Gasteiger charge is 2.22. The van der Waals surface area contributed by atoms with Crippen LogP contribution in [0.25, 0.3) is 12.2 Å². The molecular formula is C58H98O. The standard InChI is InChI=1S/2C13H18.C11H14O.C11H16.4C2H6.2CH4/c2*1-13(2,3)11-7-10-12-8-5-4-6-9-12;1-11(2,3)10(12)9-7-5-4-6-8-9;1-11(2,3)9-10-7-5-4-6-8-10;4*1-2;;/h2*4-10H,11H2,1-3H3;4-8H,1-3H3;4-8H,9H2,1-3H3;4*1-2H3;2*1H4/b10-7+;10-7-;;;;;;;;. The molecule has 0 atom stereocenters. The van der Waals surface area contributed by atoms with E-state index in [0.717, 1.165) is 24.8 Å². The van der Waals surface area contributed by atoms with Crippen molar-refractivity contribution >= 4 is 17.9 Å². The summed E-state index contributed by atoms with van der Waals surface area (Å²) in [5.74, 6) is 0.197. The van der Waals surface area contributed by atoms with Crippen LogP contribution in [0.15, 0.2) is 133 Å². The van der Waals surface area contributed by atoms with E-state index in [0.29, 0.717) is 16.2 Å². The SMILES string of the molecule is C.C.CC.CC.CC.CC.CC(C)(C)C(=O)c1ccccc1.CC(C)(C)C/C=C/c1ccccc1.CC(C)(C)C/C=C\c1ccccc1.CC(C)(C)Cc1ccccc1. The van der Waals surface area contributed by atoms with Gasteiger partial charge in [0.05, 0.1) is 0 Å². The van der Waals surface area contributed by atoms with Gasteiger partial charge in [-0.15, -0.1) is 0 Å². The van der Waals surface area contributed by atoms with Crippen LogP contribution < -0.4 is 0 Å². The average Bonchev–Trinajstić information content (AvgIpc) is 3.18. The zero-order chi connectivity index (χ0) is 45.0. The van der Waals surface area contributed by atoms with E-state index in [2.05, 4.69) is 165 Å². The van der Waals surface area contributed by atoms with Crippen molar-refractivity contribution in [2.75, 3.05) is 0 Å². The molecule has 4 aromatic rings. The average molecular weight is 811 g/mol. The van der Waals surface area contributed by atoms with Gasteiger partial charge in [0.1, 0.15) is 0 Å². The third kappa shape index (κ3) is 45.0. The first-order valence-corrected chi connectivity index (χ1v) is 21.8. The smallest absolute Gasteiger partial charge is 0.168 e. The summed E-state index contributed by atoms with van der Waals surface area (Å²) >= 11 is 0. The van der Waals surface area contributed by atoms with Gasteiger partial charge in [-0.1, -0.05) is 299 Å². The summed E-state index contributed by atoms with van der Waals surface area (Å²) < 4.78 is 0. The molecule has 1 nitrogen and oxygen atoms in total. The van der Waals surface area contributed by atoms with Crippen LogP contribution >= 0.6 is 0 Å². The molecule has 0 fully saturated rings. The Hall–Kier alpha value is -3.97. The number of hydrogen-bond donors (Lipinski definition) is 0. The van der Waals surface area contributed by atoms with Gasteiger partial charge in [-0.25, -0.2) is 0 Å². The summed E-state index contributed by atoms with van der Waals surface area (Å²) in [6, 6.07) is 40.9. The van der Waals surface area contributed by atoms with Crippen LogP contribution in [0.3, 0.4) is 0 Å². The van der Waals surface area contributed by atoms with Crippen LogP contribution in [0, 0.1) is 21.7 Å². The highest BCUT2D eigenvalue weighted by molar-refractivity contribution is 5.99. The zero-order valence-corrected chi connectivity index (χ0v) is 40.9. The number of carbonyl (C=O) groups is 1. The Labute approximate surface area is 371 Å². The Bertz CT molecular complexity index is 1410. The minimum Gasteiger partial charge on any atom is -0.294 e. The van der Waals surface area contributed by atoms with Crippen molar-refractivity contribution in [1.82, 2.24) is 0 Å². The van der Waals surface area contributed by atoms with Crippen molar-refractivity contribution in [3.63, 3.8) is 0 Å². The van der Waals surface area contributed by atoms with Gasteiger partial charge < -0.3 is 0 Å². The molecule has 0 aliphatic carbocycles. The topological polar surface area (TPSA) is 17.1 Å². The van der Waals surface area contributed by atoms with Gasteiger partial charge in [-0.2, -0.15) is 0 Å². The number of ketones is 1. The van der Waals surface area contributed by atoms with Crippen molar-refractivity contribution in [3.8, 4) is 0 Å². The third-order valence-corrected chi connectivity index (χ3v) is 6.97.